The van der Waals surface area contributed by atoms with Crippen LogP contribution in [-0.4, -0.2) is 229 Å². The molecule has 0 amide bonds. The Labute approximate surface area is 419 Å². The molecule has 6 aliphatic heterocycles. The summed E-state index contributed by atoms with van der Waals surface area (Å²) in [5.41, 5.74) is 0.293. The van der Waals surface area contributed by atoms with Gasteiger partial charge in [-0.25, -0.2) is 0 Å². The molecule has 6 heterocycles. The normalized spacial score (nSPS) is 57.8. The highest BCUT2D eigenvalue weighted by Gasteiger charge is 2.69. The fourth-order valence-electron chi connectivity index (χ4n) is 15.9. The highest BCUT2D eigenvalue weighted by molar-refractivity contribution is 5.15. The van der Waals surface area contributed by atoms with Crippen molar-refractivity contribution < 1.29 is 109 Å². The van der Waals surface area contributed by atoms with Gasteiger partial charge in [0.25, 0.3) is 0 Å². The first-order chi connectivity index (χ1) is 34.3. The van der Waals surface area contributed by atoms with Gasteiger partial charge in [0.15, 0.2) is 30.9 Å². The van der Waals surface area contributed by atoms with Crippen LogP contribution in [0.2, 0.25) is 0 Å². The van der Waals surface area contributed by atoms with Crippen LogP contribution in [0.5, 0.6) is 0 Å². The van der Waals surface area contributed by atoms with Crippen molar-refractivity contribution in [1.29, 1.82) is 0 Å². The molecule has 22 nitrogen and oxygen atoms in total. The van der Waals surface area contributed by atoms with Gasteiger partial charge in [0.2, 0.25) is 0 Å². The molecule has 4 saturated carbocycles. The Kier molecular flexibility index (Phi) is 15.9. The molecule has 0 aromatic carbocycles. The standard InChI is InChI=1S/C50H82O22/c1-20-7-12-50(64-18-20)21(2)32-28(72-50)14-26-24-6-5-22-13-23(8-10-48(22,3)25(24)9-11-49(26,32)4)65-45-40(62)37(59)41(31(17-53)68-45)69-47-43(71-46-39(61)36(58)34(56)29(15-51)66-46)42(35(57)30(16-52)67-47)70-44-38(60)33(55)27(54)19-63-44/h20-47,51-62H,5-19H2,1-4H3/t20-,21-,22-,23-,24+,25-,26-,27+,28-,29+,30+,31+,32-,33-,34-,35+,36-,37+,38+,39+,40+,41-,42-,43+,44-,45+,46-,47-,48-,49-,50+/m0/s1. The van der Waals surface area contributed by atoms with Crippen molar-refractivity contribution in [2.75, 3.05) is 33.0 Å². The van der Waals surface area contributed by atoms with E-state index in [1.165, 1.54) is 12.8 Å². The van der Waals surface area contributed by atoms with Gasteiger partial charge in [-0.15, -0.1) is 0 Å². The second-order valence-electron chi connectivity index (χ2n) is 23.9. The molecule has 31 atom stereocenters. The van der Waals surface area contributed by atoms with Crippen molar-refractivity contribution in [2.24, 2.45) is 52.3 Å². The molecular formula is C50H82O22. The minimum absolute atomic E-state index is 0.0916. The van der Waals surface area contributed by atoms with Gasteiger partial charge in [-0.1, -0.05) is 27.7 Å². The predicted molar refractivity (Wildman–Crippen MR) is 242 cm³/mol. The van der Waals surface area contributed by atoms with E-state index in [1.54, 1.807) is 0 Å². The molecular weight excluding hydrogens is 953 g/mol. The Balaban J connectivity index is 0.812. The largest absolute Gasteiger partial charge is 0.394 e. The third kappa shape index (κ3) is 9.26. The molecule has 0 bridgehead atoms. The minimum atomic E-state index is -2.00. The fourth-order valence-corrected chi connectivity index (χ4v) is 15.9. The molecule has 10 rings (SSSR count). The predicted octanol–water partition coefficient (Wildman–Crippen LogP) is -2.27. The average Bonchev–Trinajstić information content (AvgIpc) is 3.82. The summed E-state index contributed by atoms with van der Waals surface area (Å²) in [4.78, 5) is 0. The SMILES string of the molecule is C[C@H]1CC[C@@]2(OC1)O[C@H]1C[C@H]3[C@@H]4CC[C@H]5C[C@@H](O[C@@H]6O[C@H](CO)[C@H](O[C@@H]7O[C@H](CO)[C@@H](O)[C@H](O[C@@H]8OC[C@@H](O)[C@H](O)[C@H]8O)[C@H]7O[C@@H]7O[C@H](CO)[C@H](O)[C@H](O)[C@H]7O)[C@H](O)[C@H]6O)CC[C@]5(C)[C@H]4CC[C@]3(C)[C@H]1[C@@H]2C. The number of ether oxygens (including phenoxy) is 10. The molecule has 72 heavy (non-hydrogen) atoms. The van der Waals surface area contributed by atoms with Gasteiger partial charge in [0.1, 0.15) is 91.6 Å². The highest BCUT2D eigenvalue weighted by Crippen LogP contribution is 2.71. The smallest absolute Gasteiger partial charge is 0.187 e. The molecule has 0 radical (unpaired) electrons. The molecule has 414 valence electrons. The zero-order valence-corrected chi connectivity index (χ0v) is 41.7. The van der Waals surface area contributed by atoms with Gasteiger partial charge < -0.3 is 109 Å². The van der Waals surface area contributed by atoms with Crippen LogP contribution in [0.4, 0.5) is 0 Å². The summed E-state index contributed by atoms with van der Waals surface area (Å²) >= 11 is 0. The van der Waals surface area contributed by atoms with Crippen LogP contribution >= 0.6 is 0 Å². The molecule has 0 aromatic heterocycles. The summed E-state index contributed by atoms with van der Waals surface area (Å²) in [6.07, 6.45) is -22.9. The van der Waals surface area contributed by atoms with Crippen LogP contribution in [0.15, 0.2) is 0 Å². The van der Waals surface area contributed by atoms with E-state index < -0.39 is 149 Å². The van der Waals surface area contributed by atoms with Crippen molar-refractivity contribution in [3.63, 3.8) is 0 Å². The first kappa shape index (κ1) is 54.5. The topological polar surface area (TPSA) is 335 Å². The Bertz CT molecular complexity index is 1830. The molecule has 1 spiro atoms. The van der Waals surface area contributed by atoms with Gasteiger partial charge in [-0.2, -0.15) is 0 Å². The number of hydrogen-bond acceptors (Lipinski definition) is 22. The van der Waals surface area contributed by atoms with Gasteiger partial charge in [0.05, 0.1) is 45.2 Å². The van der Waals surface area contributed by atoms with Crippen LogP contribution < -0.4 is 0 Å². The van der Waals surface area contributed by atoms with Gasteiger partial charge >= 0.3 is 0 Å². The van der Waals surface area contributed by atoms with Crippen LogP contribution in [0.25, 0.3) is 0 Å². The molecule has 4 aliphatic carbocycles. The Morgan fingerprint density at radius 2 is 1.14 bits per heavy atom. The first-order valence-electron chi connectivity index (χ1n) is 26.7. The molecule has 22 heteroatoms. The third-order valence-corrected chi connectivity index (χ3v) is 20.0. The van der Waals surface area contributed by atoms with Crippen LogP contribution in [0, 0.1) is 52.3 Å². The second kappa shape index (κ2) is 21.1. The monoisotopic (exact) mass is 1030 g/mol. The highest BCUT2D eigenvalue weighted by atomic mass is 16.8. The lowest BCUT2D eigenvalue weighted by Gasteiger charge is -2.61. The summed E-state index contributed by atoms with van der Waals surface area (Å²) < 4.78 is 61.4. The van der Waals surface area contributed by atoms with E-state index in [0.29, 0.717) is 47.8 Å². The van der Waals surface area contributed by atoms with Crippen LogP contribution in [-0.2, 0) is 47.4 Å². The van der Waals surface area contributed by atoms with Gasteiger partial charge in [-0.05, 0) is 104 Å². The van der Waals surface area contributed by atoms with E-state index in [4.69, 9.17) is 47.4 Å². The maximum atomic E-state index is 11.8. The second-order valence-corrected chi connectivity index (χ2v) is 23.9. The average molecular weight is 1040 g/mol. The molecule has 10 aliphatic rings. The van der Waals surface area contributed by atoms with E-state index in [1.807, 2.05) is 0 Å². The summed E-state index contributed by atoms with van der Waals surface area (Å²) in [6.45, 7) is 7.42. The molecule has 0 unspecified atom stereocenters. The summed E-state index contributed by atoms with van der Waals surface area (Å²) in [6, 6.07) is 0. The zero-order chi connectivity index (χ0) is 51.3. The fraction of sp³-hybridized carbons (Fsp3) is 1.00. The van der Waals surface area contributed by atoms with Crippen molar-refractivity contribution >= 4 is 0 Å². The maximum absolute atomic E-state index is 11.8. The molecule has 0 aromatic rings. The lowest BCUT2D eigenvalue weighted by Crippen LogP contribution is -2.68. The van der Waals surface area contributed by atoms with Gasteiger partial charge in [-0.3, -0.25) is 0 Å². The minimum Gasteiger partial charge on any atom is -0.394 e. The molecule has 12 N–H and O–H groups in total. The Morgan fingerprint density at radius 3 is 1.85 bits per heavy atom. The number of fused-ring (bicyclic) bond motifs is 7. The summed E-state index contributed by atoms with van der Waals surface area (Å²) in [7, 11) is 0. The van der Waals surface area contributed by atoms with E-state index in [2.05, 4.69) is 27.7 Å². The molecule has 10 fully saturated rings. The number of rotatable bonds is 11. The summed E-state index contributed by atoms with van der Waals surface area (Å²) in [5.74, 6) is 3.06. The number of aliphatic hydroxyl groups is 12. The van der Waals surface area contributed by atoms with E-state index in [-0.39, 0.29) is 23.0 Å². The Hall–Kier alpha value is -0.880. The Morgan fingerprint density at radius 1 is 0.514 bits per heavy atom. The first-order valence-corrected chi connectivity index (χ1v) is 26.7. The number of hydrogen-bond donors (Lipinski definition) is 12. The van der Waals surface area contributed by atoms with Crippen molar-refractivity contribution in [2.45, 2.75) is 227 Å². The molecule has 6 saturated heterocycles. The summed E-state index contributed by atoms with van der Waals surface area (Å²) in [5, 5.41) is 129. The van der Waals surface area contributed by atoms with E-state index in [9.17, 15) is 61.3 Å². The van der Waals surface area contributed by atoms with Crippen LogP contribution in [0.1, 0.15) is 91.9 Å². The lowest BCUT2D eigenvalue weighted by molar-refractivity contribution is -0.404. The van der Waals surface area contributed by atoms with Gasteiger partial charge in [0, 0.05) is 12.3 Å². The van der Waals surface area contributed by atoms with E-state index >= 15 is 0 Å². The van der Waals surface area contributed by atoms with Crippen molar-refractivity contribution in [3.05, 3.63) is 0 Å². The quantitative estimate of drug-likeness (QED) is 0.0971. The van der Waals surface area contributed by atoms with Crippen molar-refractivity contribution in [3.8, 4) is 0 Å². The third-order valence-electron chi connectivity index (χ3n) is 20.0. The van der Waals surface area contributed by atoms with Crippen molar-refractivity contribution in [1.82, 2.24) is 0 Å². The van der Waals surface area contributed by atoms with Crippen LogP contribution in [0.3, 0.4) is 0 Å². The lowest BCUT2D eigenvalue weighted by atomic mass is 9.44. The maximum Gasteiger partial charge on any atom is 0.187 e. The zero-order valence-electron chi connectivity index (χ0n) is 41.7. The number of aliphatic hydroxyl groups excluding tert-OH is 12. The van der Waals surface area contributed by atoms with E-state index in [0.717, 1.165) is 51.6 Å².